The van der Waals surface area contributed by atoms with Gasteiger partial charge in [0.05, 0.1) is 25.4 Å². The summed E-state index contributed by atoms with van der Waals surface area (Å²) in [5.41, 5.74) is 2.35. The first kappa shape index (κ1) is 18.5. The highest BCUT2D eigenvalue weighted by molar-refractivity contribution is 7.99. The van der Waals surface area contributed by atoms with E-state index in [2.05, 4.69) is 21.6 Å². The van der Waals surface area contributed by atoms with Crippen molar-refractivity contribution in [3.8, 4) is 23.3 Å². The zero-order chi connectivity index (χ0) is 19.1. The molecule has 8 heteroatoms. The lowest BCUT2D eigenvalue weighted by molar-refractivity contribution is -0.113. The fourth-order valence-corrected chi connectivity index (χ4v) is 2.80. The van der Waals surface area contributed by atoms with E-state index in [9.17, 15) is 4.79 Å². The first-order valence-corrected chi connectivity index (χ1v) is 9.03. The molecule has 0 aliphatic carbocycles. The monoisotopic (exact) mass is 380 g/mol. The Kier molecular flexibility index (Phi) is 6.07. The number of nitriles is 1. The van der Waals surface area contributed by atoms with Gasteiger partial charge in [0, 0.05) is 11.3 Å². The second kappa shape index (κ2) is 8.87. The van der Waals surface area contributed by atoms with E-state index >= 15 is 0 Å². The molecule has 1 heterocycles. The average Bonchev–Trinajstić information content (AvgIpc) is 3.17. The molecule has 1 N–H and O–H groups in total. The molecule has 3 aromatic rings. The van der Waals surface area contributed by atoms with Crippen LogP contribution in [0.25, 0.3) is 11.5 Å². The minimum atomic E-state index is -0.183. The molecule has 0 bridgehead atoms. The van der Waals surface area contributed by atoms with Crippen molar-refractivity contribution in [2.75, 3.05) is 18.2 Å². The third kappa shape index (κ3) is 5.09. The van der Waals surface area contributed by atoms with Crippen LogP contribution in [0.4, 0.5) is 5.69 Å². The van der Waals surface area contributed by atoms with Crippen LogP contribution in [-0.2, 0) is 11.2 Å². The number of carbonyl (C=O) groups is 1. The van der Waals surface area contributed by atoms with Crippen molar-refractivity contribution in [1.82, 2.24) is 10.2 Å². The van der Waals surface area contributed by atoms with Crippen molar-refractivity contribution in [2.45, 2.75) is 11.6 Å². The number of anilines is 1. The molecule has 1 aromatic heterocycles. The predicted octanol–water partition coefficient (Wildman–Crippen LogP) is 3.54. The largest absolute Gasteiger partial charge is 0.497 e. The number of nitrogens with zero attached hydrogens (tertiary/aromatic N) is 3. The molecule has 0 spiro atoms. The number of hydrogen-bond donors (Lipinski definition) is 1. The van der Waals surface area contributed by atoms with Gasteiger partial charge in [-0.15, -0.1) is 10.2 Å². The Morgan fingerprint density at radius 3 is 2.59 bits per heavy atom. The summed E-state index contributed by atoms with van der Waals surface area (Å²) in [6.45, 7) is 0. The number of hydrogen-bond acceptors (Lipinski definition) is 7. The maximum atomic E-state index is 12.1. The van der Waals surface area contributed by atoms with Gasteiger partial charge in [-0.1, -0.05) is 23.9 Å². The molecule has 136 valence electrons. The third-order valence-electron chi connectivity index (χ3n) is 3.59. The summed E-state index contributed by atoms with van der Waals surface area (Å²) in [7, 11) is 1.60. The summed E-state index contributed by atoms with van der Waals surface area (Å²) in [5, 5.41) is 19.7. The fourth-order valence-electron chi connectivity index (χ4n) is 2.24. The molecule has 3 rings (SSSR count). The quantitative estimate of drug-likeness (QED) is 0.626. The molecule has 0 aliphatic rings. The van der Waals surface area contributed by atoms with Crippen LogP contribution in [-0.4, -0.2) is 29.0 Å². The number of amides is 1. The molecule has 0 saturated heterocycles. The van der Waals surface area contributed by atoms with Crippen LogP contribution in [0.15, 0.2) is 58.2 Å². The van der Waals surface area contributed by atoms with Crippen molar-refractivity contribution >= 4 is 23.4 Å². The topological polar surface area (TPSA) is 101 Å². The number of methoxy groups -OCH3 is 1. The number of nitrogens with one attached hydrogen (secondary N) is 1. The Bertz CT molecular complexity index is 946. The molecule has 0 fully saturated rings. The highest BCUT2D eigenvalue weighted by Crippen LogP contribution is 2.25. The van der Waals surface area contributed by atoms with Gasteiger partial charge in [-0.2, -0.15) is 5.26 Å². The van der Waals surface area contributed by atoms with Crippen LogP contribution < -0.4 is 10.1 Å². The summed E-state index contributed by atoms with van der Waals surface area (Å²) >= 11 is 1.16. The third-order valence-corrected chi connectivity index (χ3v) is 4.41. The summed E-state index contributed by atoms with van der Waals surface area (Å²) in [4.78, 5) is 12.1. The maximum absolute atomic E-state index is 12.1. The summed E-state index contributed by atoms with van der Waals surface area (Å²) in [6, 6.07) is 16.5. The molecule has 0 saturated carbocycles. The first-order valence-electron chi connectivity index (χ1n) is 8.04. The van der Waals surface area contributed by atoms with Gasteiger partial charge in [-0.3, -0.25) is 4.79 Å². The fraction of sp³-hybridized carbons (Fsp3) is 0.158. The van der Waals surface area contributed by atoms with Crippen molar-refractivity contribution in [3.05, 3.63) is 54.1 Å². The van der Waals surface area contributed by atoms with E-state index in [1.54, 1.807) is 19.2 Å². The summed E-state index contributed by atoms with van der Waals surface area (Å²) in [5.74, 6) is 1.08. The van der Waals surface area contributed by atoms with E-state index in [1.165, 1.54) is 0 Å². The van der Waals surface area contributed by atoms with E-state index in [1.807, 2.05) is 36.4 Å². The number of thioether (sulfide) groups is 1. The minimum absolute atomic E-state index is 0.143. The van der Waals surface area contributed by atoms with Gasteiger partial charge in [0.1, 0.15) is 5.75 Å². The molecule has 27 heavy (non-hydrogen) atoms. The van der Waals surface area contributed by atoms with Gasteiger partial charge in [0.2, 0.25) is 11.8 Å². The van der Waals surface area contributed by atoms with Crippen LogP contribution in [0.1, 0.15) is 5.56 Å². The summed E-state index contributed by atoms with van der Waals surface area (Å²) in [6.07, 6.45) is 0.345. The Labute approximate surface area is 160 Å². The maximum Gasteiger partial charge on any atom is 0.277 e. The van der Waals surface area contributed by atoms with E-state index in [0.717, 1.165) is 28.6 Å². The molecular formula is C19H16N4O3S. The average molecular weight is 380 g/mol. The van der Waals surface area contributed by atoms with E-state index < -0.39 is 0 Å². The molecule has 2 aromatic carbocycles. The molecule has 0 aliphatic heterocycles. The number of benzene rings is 2. The van der Waals surface area contributed by atoms with Crippen LogP contribution in [0.2, 0.25) is 0 Å². The lowest BCUT2D eigenvalue weighted by Gasteiger charge is -2.04. The van der Waals surface area contributed by atoms with Gasteiger partial charge in [0.15, 0.2) is 0 Å². The zero-order valence-corrected chi connectivity index (χ0v) is 15.3. The van der Waals surface area contributed by atoms with Crippen LogP contribution in [0, 0.1) is 11.3 Å². The van der Waals surface area contributed by atoms with E-state index in [0.29, 0.717) is 23.2 Å². The molecule has 0 unspecified atom stereocenters. The zero-order valence-electron chi connectivity index (χ0n) is 14.5. The molecular weight excluding hydrogens is 364 g/mol. The molecule has 1 amide bonds. The van der Waals surface area contributed by atoms with E-state index in [4.69, 9.17) is 14.4 Å². The van der Waals surface area contributed by atoms with Gasteiger partial charge >= 0.3 is 0 Å². The SMILES string of the molecule is COc1ccc(-c2nnc(SCC(=O)Nc3ccc(CC#N)cc3)o2)cc1. The number of ether oxygens (including phenoxy) is 1. The Morgan fingerprint density at radius 1 is 1.19 bits per heavy atom. The highest BCUT2D eigenvalue weighted by Gasteiger charge is 2.11. The van der Waals surface area contributed by atoms with Crippen LogP contribution in [0.5, 0.6) is 5.75 Å². The molecule has 0 atom stereocenters. The molecule has 0 radical (unpaired) electrons. The second-order valence-corrected chi connectivity index (χ2v) is 6.40. The lowest BCUT2D eigenvalue weighted by Crippen LogP contribution is -2.13. The van der Waals surface area contributed by atoms with Crippen molar-refractivity contribution in [1.29, 1.82) is 5.26 Å². The van der Waals surface area contributed by atoms with Crippen LogP contribution >= 0.6 is 11.8 Å². The van der Waals surface area contributed by atoms with Crippen molar-refractivity contribution in [2.24, 2.45) is 0 Å². The van der Waals surface area contributed by atoms with E-state index in [-0.39, 0.29) is 11.7 Å². The highest BCUT2D eigenvalue weighted by atomic mass is 32.2. The van der Waals surface area contributed by atoms with Gasteiger partial charge in [-0.25, -0.2) is 0 Å². The first-order chi connectivity index (χ1) is 13.2. The smallest absolute Gasteiger partial charge is 0.277 e. The van der Waals surface area contributed by atoms with Crippen molar-refractivity contribution in [3.63, 3.8) is 0 Å². The number of carbonyl (C=O) groups excluding carboxylic acids is 1. The van der Waals surface area contributed by atoms with Crippen molar-refractivity contribution < 1.29 is 13.9 Å². The normalized spacial score (nSPS) is 10.2. The van der Waals surface area contributed by atoms with Gasteiger partial charge in [-0.05, 0) is 42.0 Å². The lowest BCUT2D eigenvalue weighted by atomic mass is 10.1. The number of rotatable bonds is 7. The van der Waals surface area contributed by atoms with Gasteiger partial charge < -0.3 is 14.5 Å². The Hall–Kier alpha value is -3.31. The van der Waals surface area contributed by atoms with Gasteiger partial charge in [0.25, 0.3) is 5.22 Å². The minimum Gasteiger partial charge on any atom is -0.497 e. The Morgan fingerprint density at radius 2 is 1.93 bits per heavy atom. The standard InChI is InChI=1S/C19H16N4O3S/c1-25-16-8-4-14(5-9-16)18-22-23-19(26-18)27-12-17(24)21-15-6-2-13(3-7-15)10-11-20/h2-9H,10,12H2,1H3,(H,21,24). The molecule has 7 nitrogen and oxygen atoms in total. The second-order valence-electron chi connectivity index (χ2n) is 5.47. The number of aromatic nitrogens is 2. The van der Waals surface area contributed by atoms with Crippen LogP contribution in [0.3, 0.4) is 0 Å². The Balaban J connectivity index is 1.53. The summed E-state index contributed by atoms with van der Waals surface area (Å²) < 4.78 is 10.7. The predicted molar refractivity (Wildman–Crippen MR) is 101 cm³/mol.